The zero-order valence-corrected chi connectivity index (χ0v) is 9.91. The molecule has 2 rings (SSSR count). The fourth-order valence-corrected chi connectivity index (χ4v) is 3.03. The Morgan fingerprint density at radius 3 is 2.73 bits per heavy atom. The Morgan fingerprint density at radius 1 is 1.33 bits per heavy atom. The summed E-state index contributed by atoms with van der Waals surface area (Å²) in [6, 6.07) is 0.879. The van der Waals surface area contributed by atoms with Crippen LogP contribution in [0.3, 0.4) is 0 Å². The summed E-state index contributed by atoms with van der Waals surface area (Å²) in [5.41, 5.74) is 0. The van der Waals surface area contributed by atoms with Crippen LogP contribution in [-0.2, 0) is 4.79 Å². The number of carbonyl (C=O) groups is 1. The lowest BCUT2D eigenvalue weighted by Crippen LogP contribution is -2.45. The second-order valence-corrected chi connectivity index (χ2v) is 5.17. The van der Waals surface area contributed by atoms with Crippen LogP contribution >= 0.6 is 0 Å². The van der Waals surface area contributed by atoms with Gasteiger partial charge in [-0.15, -0.1) is 0 Å². The highest BCUT2D eigenvalue weighted by Crippen LogP contribution is 2.28. The van der Waals surface area contributed by atoms with Gasteiger partial charge >= 0.3 is 0 Å². The first-order valence-electron chi connectivity index (χ1n) is 6.11. The number of likely N-dealkylation sites (tertiary alicyclic amines) is 1. The minimum Gasteiger partial charge on any atom is -0.308 e. The maximum Gasteiger partial charge on any atom is 0.149 e. The number of hydrogen-bond donors (Lipinski definition) is 0. The predicted molar refractivity (Wildman–Crippen MR) is 60.9 cm³/mol. The van der Waals surface area contributed by atoms with Crippen LogP contribution in [0.5, 0.6) is 0 Å². The summed E-state index contributed by atoms with van der Waals surface area (Å²) < 4.78 is 0. The zero-order valence-electron chi connectivity index (χ0n) is 9.91. The number of likely N-dealkylation sites (N-methyl/N-ethyl adjacent to an activating group) is 1. The van der Waals surface area contributed by atoms with Crippen molar-refractivity contribution < 1.29 is 4.79 Å². The average Bonchev–Trinajstić information content (AvgIpc) is 2.73. The van der Waals surface area contributed by atoms with Crippen molar-refractivity contribution in [2.45, 2.75) is 44.2 Å². The molecule has 0 spiro atoms. The highest BCUT2D eigenvalue weighted by Gasteiger charge is 2.36. The van der Waals surface area contributed by atoms with Gasteiger partial charge in [0, 0.05) is 19.0 Å². The quantitative estimate of drug-likeness (QED) is 0.698. The van der Waals surface area contributed by atoms with Crippen molar-refractivity contribution >= 4 is 5.78 Å². The lowest BCUT2D eigenvalue weighted by atomic mass is 10.1. The molecule has 0 aromatic rings. The Hall–Kier alpha value is -0.410. The third kappa shape index (κ3) is 2.40. The summed E-state index contributed by atoms with van der Waals surface area (Å²) in [5, 5.41) is 0. The summed E-state index contributed by atoms with van der Waals surface area (Å²) in [6.45, 7) is 2.23. The molecule has 2 fully saturated rings. The molecule has 0 bridgehead atoms. The van der Waals surface area contributed by atoms with Gasteiger partial charge in [0.2, 0.25) is 0 Å². The predicted octanol–water partition coefficient (Wildman–Crippen LogP) is 1.13. The third-order valence-electron chi connectivity index (χ3n) is 3.67. The number of Topliss-reactive ketones (excluding diaryl/α,β-unsaturated/α-hetero) is 1. The van der Waals surface area contributed by atoms with Crippen LogP contribution in [0.4, 0.5) is 0 Å². The van der Waals surface area contributed by atoms with Gasteiger partial charge in [-0.2, -0.15) is 0 Å². The van der Waals surface area contributed by atoms with Gasteiger partial charge in [-0.05, 0) is 46.3 Å². The summed E-state index contributed by atoms with van der Waals surface area (Å²) >= 11 is 0. The van der Waals surface area contributed by atoms with E-state index in [1.807, 2.05) is 0 Å². The SMILES string of the molecule is CN(C)CC1CCCN1C1CCCC1=O. The van der Waals surface area contributed by atoms with E-state index in [1.54, 1.807) is 0 Å². The molecular formula is C12H22N2O. The van der Waals surface area contributed by atoms with Gasteiger partial charge in [-0.1, -0.05) is 0 Å². The maximum atomic E-state index is 11.7. The molecule has 1 aliphatic heterocycles. The minimum absolute atomic E-state index is 0.262. The molecule has 1 aliphatic carbocycles. The second kappa shape index (κ2) is 4.62. The first-order valence-corrected chi connectivity index (χ1v) is 6.11. The van der Waals surface area contributed by atoms with Crippen molar-refractivity contribution in [1.29, 1.82) is 0 Å². The molecule has 86 valence electrons. The van der Waals surface area contributed by atoms with Crippen molar-refractivity contribution in [2.75, 3.05) is 27.2 Å². The molecule has 0 N–H and O–H groups in total. The second-order valence-electron chi connectivity index (χ2n) is 5.17. The molecule has 0 radical (unpaired) electrons. The number of nitrogens with zero attached hydrogens (tertiary/aromatic N) is 2. The van der Waals surface area contributed by atoms with Gasteiger partial charge in [0.1, 0.15) is 5.78 Å². The number of hydrogen-bond acceptors (Lipinski definition) is 3. The van der Waals surface area contributed by atoms with Crippen LogP contribution in [0.15, 0.2) is 0 Å². The summed E-state index contributed by atoms with van der Waals surface area (Å²) in [6.07, 6.45) is 5.55. The van der Waals surface area contributed by atoms with E-state index in [0.29, 0.717) is 11.8 Å². The van der Waals surface area contributed by atoms with Crippen LogP contribution in [-0.4, -0.2) is 54.9 Å². The molecule has 1 saturated heterocycles. The van der Waals surface area contributed by atoms with Crippen molar-refractivity contribution in [3.8, 4) is 0 Å². The van der Waals surface area contributed by atoms with Gasteiger partial charge in [0.25, 0.3) is 0 Å². The molecule has 2 unspecified atom stereocenters. The van der Waals surface area contributed by atoms with E-state index in [4.69, 9.17) is 0 Å². The van der Waals surface area contributed by atoms with Crippen molar-refractivity contribution in [2.24, 2.45) is 0 Å². The molecule has 0 amide bonds. The van der Waals surface area contributed by atoms with Crippen molar-refractivity contribution in [1.82, 2.24) is 9.80 Å². The third-order valence-corrected chi connectivity index (χ3v) is 3.67. The Balaban J connectivity index is 1.97. The monoisotopic (exact) mass is 210 g/mol. The number of carbonyl (C=O) groups excluding carboxylic acids is 1. The van der Waals surface area contributed by atoms with Gasteiger partial charge in [0.05, 0.1) is 6.04 Å². The Morgan fingerprint density at radius 2 is 2.13 bits per heavy atom. The molecule has 0 aromatic carbocycles. The fourth-order valence-electron chi connectivity index (χ4n) is 3.03. The van der Waals surface area contributed by atoms with E-state index in [0.717, 1.165) is 32.4 Å². The van der Waals surface area contributed by atoms with E-state index in [2.05, 4.69) is 23.9 Å². The van der Waals surface area contributed by atoms with Crippen molar-refractivity contribution in [3.63, 3.8) is 0 Å². The molecule has 1 heterocycles. The zero-order chi connectivity index (χ0) is 10.8. The average molecular weight is 210 g/mol. The molecule has 3 nitrogen and oxygen atoms in total. The van der Waals surface area contributed by atoms with Crippen LogP contribution in [0.2, 0.25) is 0 Å². The van der Waals surface area contributed by atoms with E-state index < -0.39 is 0 Å². The molecule has 2 aliphatic rings. The fraction of sp³-hybridized carbons (Fsp3) is 0.917. The lowest BCUT2D eigenvalue weighted by Gasteiger charge is -2.31. The molecule has 0 aromatic heterocycles. The van der Waals surface area contributed by atoms with Gasteiger partial charge in [0.15, 0.2) is 0 Å². The number of ketones is 1. The van der Waals surface area contributed by atoms with Crippen LogP contribution in [0.1, 0.15) is 32.1 Å². The normalized spacial score (nSPS) is 33.1. The largest absolute Gasteiger partial charge is 0.308 e. The van der Waals surface area contributed by atoms with Crippen LogP contribution in [0, 0.1) is 0 Å². The molecule has 2 atom stereocenters. The molecule has 1 saturated carbocycles. The summed E-state index contributed by atoms with van der Waals surface area (Å²) in [4.78, 5) is 16.4. The van der Waals surface area contributed by atoms with Gasteiger partial charge in [-0.3, -0.25) is 9.69 Å². The Labute approximate surface area is 92.4 Å². The maximum absolute atomic E-state index is 11.7. The molecular weight excluding hydrogens is 188 g/mol. The lowest BCUT2D eigenvalue weighted by molar-refractivity contribution is -0.122. The Kier molecular flexibility index (Phi) is 3.42. The topological polar surface area (TPSA) is 23.6 Å². The molecule has 3 heteroatoms. The smallest absolute Gasteiger partial charge is 0.149 e. The van der Waals surface area contributed by atoms with Crippen LogP contribution < -0.4 is 0 Å². The highest BCUT2D eigenvalue weighted by molar-refractivity contribution is 5.86. The highest BCUT2D eigenvalue weighted by atomic mass is 16.1. The summed E-state index contributed by atoms with van der Waals surface area (Å²) in [5.74, 6) is 0.487. The first-order chi connectivity index (χ1) is 7.18. The van der Waals surface area contributed by atoms with Gasteiger partial charge < -0.3 is 4.90 Å². The van der Waals surface area contributed by atoms with E-state index >= 15 is 0 Å². The van der Waals surface area contributed by atoms with E-state index in [-0.39, 0.29) is 6.04 Å². The summed E-state index contributed by atoms with van der Waals surface area (Å²) in [7, 11) is 4.24. The molecule has 15 heavy (non-hydrogen) atoms. The van der Waals surface area contributed by atoms with Crippen LogP contribution in [0.25, 0.3) is 0 Å². The van der Waals surface area contributed by atoms with E-state index in [1.165, 1.54) is 12.8 Å². The van der Waals surface area contributed by atoms with Gasteiger partial charge in [-0.25, -0.2) is 0 Å². The Bertz CT molecular complexity index is 240. The standard InChI is InChI=1S/C12H22N2O/c1-13(2)9-10-5-4-8-14(10)11-6-3-7-12(11)15/h10-11H,3-9H2,1-2H3. The minimum atomic E-state index is 0.262. The van der Waals surface area contributed by atoms with Crippen molar-refractivity contribution in [3.05, 3.63) is 0 Å². The first kappa shape index (κ1) is 11.1. The van der Waals surface area contributed by atoms with E-state index in [9.17, 15) is 4.79 Å². The number of rotatable bonds is 3.